The van der Waals surface area contributed by atoms with E-state index in [0.29, 0.717) is 11.4 Å². The first-order chi connectivity index (χ1) is 12.1. The fraction of sp³-hybridized carbons (Fsp3) is 0.222. The van der Waals surface area contributed by atoms with Crippen molar-refractivity contribution in [3.05, 3.63) is 66.4 Å². The molecular formula is C18H19N5O2. The van der Waals surface area contributed by atoms with E-state index in [1.54, 1.807) is 42.2 Å². The van der Waals surface area contributed by atoms with Crippen LogP contribution in [0.1, 0.15) is 28.9 Å². The molecule has 0 saturated carbocycles. The fourth-order valence-corrected chi connectivity index (χ4v) is 2.48. The summed E-state index contributed by atoms with van der Waals surface area (Å²) in [5.74, 6) is 0.388. The number of carbonyl (C=O) groups excluding carboxylic acids is 1. The largest absolute Gasteiger partial charge is 0.481 e. The van der Waals surface area contributed by atoms with Crippen molar-refractivity contribution in [2.45, 2.75) is 13.0 Å². The van der Waals surface area contributed by atoms with E-state index in [-0.39, 0.29) is 11.9 Å². The molecule has 0 saturated heterocycles. The fourth-order valence-electron chi connectivity index (χ4n) is 2.48. The maximum atomic E-state index is 12.6. The summed E-state index contributed by atoms with van der Waals surface area (Å²) in [5, 5.41) is 4.10. The van der Waals surface area contributed by atoms with Gasteiger partial charge < -0.3 is 9.64 Å². The highest BCUT2D eigenvalue weighted by Gasteiger charge is 2.19. The number of pyridine rings is 1. The lowest BCUT2D eigenvalue weighted by Crippen LogP contribution is -2.29. The number of carbonyl (C=O) groups is 1. The average Bonchev–Trinajstić information content (AvgIpc) is 3.21. The molecule has 0 radical (unpaired) electrons. The molecule has 25 heavy (non-hydrogen) atoms. The molecule has 3 rings (SSSR count). The molecule has 0 aliphatic rings. The summed E-state index contributed by atoms with van der Waals surface area (Å²) in [7, 11) is 3.32. The summed E-state index contributed by atoms with van der Waals surface area (Å²) in [4.78, 5) is 22.3. The van der Waals surface area contributed by atoms with Crippen molar-refractivity contribution < 1.29 is 9.53 Å². The molecule has 7 heteroatoms. The van der Waals surface area contributed by atoms with Gasteiger partial charge in [-0.25, -0.2) is 14.6 Å². The Kier molecular flexibility index (Phi) is 4.74. The number of aromatic nitrogens is 4. The zero-order chi connectivity index (χ0) is 17.8. The first-order valence-electron chi connectivity index (χ1n) is 7.82. The lowest BCUT2D eigenvalue weighted by molar-refractivity contribution is 0.0742. The monoisotopic (exact) mass is 337 g/mol. The van der Waals surface area contributed by atoms with Gasteiger partial charge in [0.2, 0.25) is 5.88 Å². The zero-order valence-electron chi connectivity index (χ0n) is 14.3. The highest BCUT2D eigenvalue weighted by Crippen LogP contribution is 2.22. The second kappa shape index (κ2) is 7.12. The van der Waals surface area contributed by atoms with E-state index in [4.69, 9.17) is 4.74 Å². The number of benzene rings is 1. The summed E-state index contributed by atoms with van der Waals surface area (Å²) in [6.07, 6.45) is 4.66. The van der Waals surface area contributed by atoms with E-state index in [0.717, 1.165) is 11.3 Å². The molecule has 0 aliphatic carbocycles. The minimum absolute atomic E-state index is 0.0839. The Hall–Kier alpha value is -3.22. The van der Waals surface area contributed by atoms with Crippen LogP contribution < -0.4 is 4.74 Å². The van der Waals surface area contributed by atoms with E-state index in [2.05, 4.69) is 15.1 Å². The van der Waals surface area contributed by atoms with E-state index in [1.807, 2.05) is 31.2 Å². The maximum absolute atomic E-state index is 12.6. The molecule has 1 atom stereocenters. The molecule has 128 valence electrons. The van der Waals surface area contributed by atoms with Crippen molar-refractivity contribution >= 4 is 5.91 Å². The molecule has 7 nitrogen and oxygen atoms in total. The molecule has 0 fully saturated rings. The van der Waals surface area contributed by atoms with E-state index in [9.17, 15) is 4.79 Å². The average molecular weight is 337 g/mol. The zero-order valence-corrected chi connectivity index (χ0v) is 14.3. The topological polar surface area (TPSA) is 73.1 Å². The van der Waals surface area contributed by atoms with Crippen LogP contribution in [-0.2, 0) is 0 Å². The number of hydrogen-bond donors (Lipinski definition) is 0. The van der Waals surface area contributed by atoms with Crippen LogP contribution in [0.5, 0.6) is 5.88 Å². The van der Waals surface area contributed by atoms with Crippen molar-refractivity contribution in [2.75, 3.05) is 14.2 Å². The Labute approximate surface area is 145 Å². The third-order valence-corrected chi connectivity index (χ3v) is 4.15. The summed E-state index contributed by atoms with van der Waals surface area (Å²) in [6, 6.07) is 11.2. The Morgan fingerprint density at radius 1 is 1.20 bits per heavy atom. The lowest BCUT2D eigenvalue weighted by Gasteiger charge is -2.25. The highest BCUT2D eigenvalue weighted by atomic mass is 16.5. The van der Waals surface area contributed by atoms with Crippen LogP contribution in [0.3, 0.4) is 0 Å². The summed E-state index contributed by atoms with van der Waals surface area (Å²) < 4.78 is 6.71. The van der Waals surface area contributed by atoms with Crippen LogP contribution in [0.4, 0.5) is 0 Å². The number of methoxy groups -OCH3 is 1. The van der Waals surface area contributed by atoms with Gasteiger partial charge in [-0.1, -0.05) is 12.1 Å². The van der Waals surface area contributed by atoms with Gasteiger partial charge in [0.25, 0.3) is 5.91 Å². The van der Waals surface area contributed by atoms with Crippen LogP contribution in [0.2, 0.25) is 0 Å². The predicted molar refractivity (Wildman–Crippen MR) is 92.7 cm³/mol. The Balaban J connectivity index is 1.74. The van der Waals surface area contributed by atoms with E-state index < -0.39 is 0 Å². The molecule has 0 spiro atoms. The van der Waals surface area contributed by atoms with Gasteiger partial charge >= 0.3 is 0 Å². The third kappa shape index (κ3) is 3.50. The predicted octanol–water partition coefficient (Wildman–Crippen LogP) is 2.50. The van der Waals surface area contributed by atoms with Gasteiger partial charge in [-0.3, -0.25) is 4.79 Å². The van der Waals surface area contributed by atoms with Gasteiger partial charge in [-0.2, -0.15) is 5.10 Å². The van der Waals surface area contributed by atoms with Crippen molar-refractivity contribution in [3.8, 4) is 11.6 Å². The Bertz CT molecular complexity index is 829. The van der Waals surface area contributed by atoms with Crippen molar-refractivity contribution in [1.29, 1.82) is 0 Å². The summed E-state index contributed by atoms with van der Waals surface area (Å²) in [5.41, 5.74) is 2.47. The quantitative estimate of drug-likeness (QED) is 0.715. The van der Waals surface area contributed by atoms with E-state index in [1.165, 1.54) is 12.5 Å². The van der Waals surface area contributed by atoms with Gasteiger partial charge in [0.15, 0.2) is 0 Å². The third-order valence-electron chi connectivity index (χ3n) is 4.15. The minimum Gasteiger partial charge on any atom is -0.481 e. The normalized spacial score (nSPS) is 11.8. The molecule has 0 aliphatic heterocycles. The molecule has 1 amide bonds. The molecule has 2 heterocycles. The van der Waals surface area contributed by atoms with Gasteiger partial charge in [0.05, 0.1) is 24.4 Å². The number of nitrogens with zero attached hydrogens (tertiary/aromatic N) is 5. The van der Waals surface area contributed by atoms with Gasteiger partial charge in [0, 0.05) is 19.3 Å². The summed E-state index contributed by atoms with van der Waals surface area (Å²) >= 11 is 0. The molecular weight excluding hydrogens is 318 g/mol. The molecule has 0 N–H and O–H groups in total. The minimum atomic E-state index is -0.0944. The standard InChI is InChI=1S/C18H19N5O2/c1-13(14-4-7-16(8-5-14)23-12-19-11-21-23)22(2)18(24)15-6-9-17(25-3)20-10-15/h4-13H,1-3H3/t13-/m0/s1. The van der Waals surface area contributed by atoms with Crippen LogP contribution in [0.25, 0.3) is 5.69 Å². The van der Waals surface area contributed by atoms with Crippen molar-refractivity contribution in [2.24, 2.45) is 0 Å². The van der Waals surface area contributed by atoms with Gasteiger partial charge in [-0.05, 0) is 30.7 Å². The number of rotatable bonds is 5. The van der Waals surface area contributed by atoms with Gasteiger partial charge in [-0.15, -0.1) is 0 Å². The molecule has 2 aromatic heterocycles. The smallest absolute Gasteiger partial charge is 0.255 e. The SMILES string of the molecule is COc1ccc(C(=O)N(C)[C@@H](C)c2ccc(-n3cncn3)cc2)cn1. The van der Waals surface area contributed by atoms with Crippen LogP contribution in [0, 0.1) is 0 Å². The van der Waals surface area contributed by atoms with Gasteiger partial charge in [0.1, 0.15) is 12.7 Å². The van der Waals surface area contributed by atoms with Crippen LogP contribution in [0.15, 0.2) is 55.2 Å². The second-order valence-electron chi connectivity index (χ2n) is 5.61. The molecule has 0 unspecified atom stereocenters. The Morgan fingerprint density at radius 3 is 2.52 bits per heavy atom. The van der Waals surface area contributed by atoms with Crippen molar-refractivity contribution in [1.82, 2.24) is 24.6 Å². The summed E-state index contributed by atoms with van der Waals surface area (Å²) in [6.45, 7) is 1.99. The van der Waals surface area contributed by atoms with Crippen LogP contribution >= 0.6 is 0 Å². The molecule has 0 bridgehead atoms. The first kappa shape index (κ1) is 16.6. The van der Waals surface area contributed by atoms with Crippen molar-refractivity contribution in [3.63, 3.8) is 0 Å². The van der Waals surface area contributed by atoms with E-state index >= 15 is 0 Å². The number of hydrogen-bond acceptors (Lipinski definition) is 5. The second-order valence-corrected chi connectivity index (χ2v) is 5.61. The maximum Gasteiger partial charge on any atom is 0.255 e. The molecule has 3 aromatic rings. The molecule has 1 aromatic carbocycles. The Morgan fingerprint density at radius 2 is 1.96 bits per heavy atom. The first-order valence-corrected chi connectivity index (χ1v) is 7.82. The highest BCUT2D eigenvalue weighted by molar-refractivity contribution is 5.94. The number of ether oxygens (including phenoxy) is 1. The lowest BCUT2D eigenvalue weighted by atomic mass is 10.1. The number of amides is 1. The van der Waals surface area contributed by atoms with Crippen LogP contribution in [-0.4, -0.2) is 44.7 Å².